The molecule has 2 rings (SSSR count). The average molecular weight is 216 g/mol. The van der Waals surface area contributed by atoms with Gasteiger partial charge in [-0.25, -0.2) is 0 Å². The summed E-state index contributed by atoms with van der Waals surface area (Å²) < 4.78 is 5.02. The van der Waals surface area contributed by atoms with Crippen LogP contribution < -0.4 is 5.32 Å². The predicted octanol–water partition coefficient (Wildman–Crippen LogP) is 2.53. The van der Waals surface area contributed by atoms with Gasteiger partial charge in [0.1, 0.15) is 5.76 Å². The Morgan fingerprint density at radius 1 is 1.12 bits per heavy atom. The first-order chi connectivity index (χ1) is 7.90. The molecule has 0 bridgehead atoms. The molecule has 0 spiro atoms. The summed E-state index contributed by atoms with van der Waals surface area (Å²) in [6.45, 7) is 3.76. The first kappa shape index (κ1) is 10.9. The zero-order valence-electron chi connectivity index (χ0n) is 9.44. The third kappa shape index (κ3) is 2.70. The van der Waals surface area contributed by atoms with E-state index in [0.29, 0.717) is 0 Å². The van der Waals surface area contributed by atoms with Crippen molar-refractivity contribution in [2.75, 3.05) is 0 Å². The fraction of sp³-hybridized carbons (Fsp3) is 0.308. The SMILES string of the molecule is CCc1ccccc1CNCc1ccno1. The lowest BCUT2D eigenvalue weighted by molar-refractivity contribution is 0.372. The van der Waals surface area contributed by atoms with Gasteiger partial charge in [-0.3, -0.25) is 0 Å². The van der Waals surface area contributed by atoms with E-state index < -0.39 is 0 Å². The molecule has 0 atom stereocenters. The van der Waals surface area contributed by atoms with Crippen LogP contribution in [0.3, 0.4) is 0 Å². The molecule has 1 N–H and O–H groups in total. The summed E-state index contributed by atoms with van der Waals surface area (Å²) in [4.78, 5) is 0. The van der Waals surface area contributed by atoms with E-state index in [1.807, 2.05) is 6.07 Å². The first-order valence-electron chi connectivity index (χ1n) is 5.57. The maximum atomic E-state index is 5.02. The van der Waals surface area contributed by atoms with E-state index in [2.05, 4.69) is 41.7 Å². The van der Waals surface area contributed by atoms with Crippen molar-refractivity contribution in [1.82, 2.24) is 10.5 Å². The number of aromatic nitrogens is 1. The molecule has 16 heavy (non-hydrogen) atoms. The van der Waals surface area contributed by atoms with Gasteiger partial charge in [0.2, 0.25) is 0 Å². The molecule has 84 valence electrons. The fourth-order valence-electron chi connectivity index (χ4n) is 1.73. The quantitative estimate of drug-likeness (QED) is 0.834. The topological polar surface area (TPSA) is 38.1 Å². The number of hydrogen-bond donors (Lipinski definition) is 1. The van der Waals surface area contributed by atoms with Crippen LogP contribution in [-0.2, 0) is 19.5 Å². The highest BCUT2D eigenvalue weighted by Crippen LogP contribution is 2.09. The lowest BCUT2D eigenvalue weighted by atomic mass is 10.1. The molecule has 1 aromatic heterocycles. The van der Waals surface area contributed by atoms with Crippen LogP contribution in [0.1, 0.15) is 23.8 Å². The Hall–Kier alpha value is -1.61. The molecule has 0 aliphatic rings. The van der Waals surface area contributed by atoms with E-state index in [1.165, 1.54) is 11.1 Å². The number of nitrogens with one attached hydrogen (secondary N) is 1. The van der Waals surface area contributed by atoms with Crippen molar-refractivity contribution in [3.63, 3.8) is 0 Å². The van der Waals surface area contributed by atoms with E-state index >= 15 is 0 Å². The fourth-order valence-corrected chi connectivity index (χ4v) is 1.73. The second kappa shape index (κ2) is 5.47. The van der Waals surface area contributed by atoms with Gasteiger partial charge in [-0.05, 0) is 17.5 Å². The van der Waals surface area contributed by atoms with Crippen LogP contribution in [0.2, 0.25) is 0 Å². The maximum absolute atomic E-state index is 5.02. The monoisotopic (exact) mass is 216 g/mol. The number of hydrogen-bond acceptors (Lipinski definition) is 3. The lowest BCUT2D eigenvalue weighted by Gasteiger charge is -2.07. The van der Waals surface area contributed by atoms with E-state index in [1.54, 1.807) is 6.20 Å². The summed E-state index contributed by atoms with van der Waals surface area (Å²) in [6, 6.07) is 10.4. The highest BCUT2D eigenvalue weighted by molar-refractivity contribution is 5.26. The van der Waals surface area contributed by atoms with Crippen molar-refractivity contribution in [1.29, 1.82) is 0 Å². The van der Waals surface area contributed by atoms with E-state index in [9.17, 15) is 0 Å². The minimum Gasteiger partial charge on any atom is -0.360 e. The molecule has 0 saturated heterocycles. The van der Waals surface area contributed by atoms with E-state index in [0.717, 1.165) is 25.3 Å². The number of aryl methyl sites for hydroxylation is 1. The van der Waals surface area contributed by atoms with Crippen LogP contribution in [0.5, 0.6) is 0 Å². The summed E-state index contributed by atoms with van der Waals surface area (Å²) in [5.74, 6) is 0.869. The number of benzene rings is 1. The van der Waals surface area contributed by atoms with Gasteiger partial charge in [0.25, 0.3) is 0 Å². The molecule has 0 radical (unpaired) electrons. The minimum absolute atomic E-state index is 0.720. The minimum atomic E-state index is 0.720. The molecule has 0 saturated carbocycles. The van der Waals surface area contributed by atoms with Gasteiger partial charge in [-0.1, -0.05) is 36.3 Å². The summed E-state index contributed by atoms with van der Waals surface area (Å²) in [7, 11) is 0. The van der Waals surface area contributed by atoms with Gasteiger partial charge in [0.15, 0.2) is 0 Å². The summed E-state index contributed by atoms with van der Waals surface area (Å²) >= 11 is 0. The normalized spacial score (nSPS) is 10.6. The summed E-state index contributed by atoms with van der Waals surface area (Å²) in [5.41, 5.74) is 2.75. The second-order valence-corrected chi connectivity index (χ2v) is 3.70. The predicted molar refractivity (Wildman–Crippen MR) is 62.9 cm³/mol. The molecule has 3 heteroatoms. The molecule has 1 aromatic carbocycles. The second-order valence-electron chi connectivity index (χ2n) is 3.70. The first-order valence-corrected chi connectivity index (χ1v) is 5.57. The van der Waals surface area contributed by atoms with E-state index in [4.69, 9.17) is 4.52 Å². The largest absolute Gasteiger partial charge is 0.360 e. The van der Waals surface area contributed by atoms with Crippen LogP contribution in [0.25, 0.3) is 0 Å². The van der Waals surface area contributed by atoms with Gasteiger partial charge in [0, 0.05) is 12.6 Å². The molecule has 2 aromatic rings. The van der Waals surface area contributed by atoms with Crippen molar-refractivity contribution >= 4 is 0 Å². The van der Waals surface area contributed by atoms with Gasteiger partial charge in [-0.2, -0.15) is 0 Å². The molecular formula is C13H16N2O. The summed E-state index contributed by atoms with van der Waals surface area (Å²) in [5, 5.41) is 7.01. The van der Waals surface area contributed by atoms with Crippen molar-refractivity contribution < 1.29 is 4.52 Å². The van der Waals surface area contributed by atoms with E-state index in [-0.39, 0.29) is 0 Å². The molecule has 1 heterocycles. The van der Waals surface area contributed by atoms with Gasteiger partial charge in [-0.15, -0.1) is 0 Å². The van der Waals surface area contributed by atoms with Gasteiger partial charge < -0.3 is 9.84 Å². The molecular weight excluding hydrogens is 200 g/mol. The molecule has 0 fully saturated rings. The van der Waals surface area contributed by atoms with Gasteiger partial charge >= 0.3 is 0 Å². The highest BCUT2D eigenvalue weighted by Gasteiger charge is 2.00. The van der Waals surface area contributed by atoms with Crippen molar-refractivity contribution in [3.8, 4) is 0 Å². The Bertz CT molecular complexity index is 423. The van der Waals surface area contributed by atoms with Crippen LogP contribution in [0, 0.1) is 0 Å². The Morgan fingerprint density at radius 2 is 1.94 bits per heavy atom. The van der Waals surface area contributed by atoms with Crippen LogP contribution in [0.15, 0.2) is 41.1 Å². The maximum Gasteiger partial charge on any atom is 0.150 e. The third-order valence-electron chi connectivity index (χ3n) is 2.61. The molecule has 3 nitrogen and oxygen atoms in total. The Kier molecular flexibility index (Phi) is 3.72. The molecule has 0 unspecified atom stereocenters. The lowest BCUT2D eigenvalue weighted by Crippen LogP contribution is -2.13. The zero-order valence-corrected chi connectivity index (χ0v) is 9.44. The zero-order chi connectivity index (χ0) is 11.2. The molecule has 0 amide bonds. The van der Waals surface area contributed by atoms with Crippen molar-refractivity contribution in [3.05, 3.63) is 53.4 Å². The van der Waals surface area contributed by atoms with Crippen LogP contribution >= 0.6 is 0 Å². The van der Waals surface area contributed by atoms with Crippen LogP contribution in [0.4, 0.5) is 0 Å². The van der Waals surface area contributed by atoms with Crippen LogP contribution in [-0.4, -0.2) is 5.16 Å². The third-order valence-corrected chi connectivity index (χ3v) is 2.61. The molecule has 0 aliphatic carbocycles. The molecule has 0 aliphatic heterocycles. The number of rotatable bonds is 5. The standard InChI is InChI=1S/C13H16N2O/c1-2-11-5-3-4-6-12(11)9-14-10-13-7-8-15-16-13/h3-8,14H,2,9-10H2,1H3. The Balaban J connectivity index is 1.89. The average Bonchev–Trinajstić information content (AvgIpc) is 2.83. The Morgan fingerprint density at radius 3 is 2.62 bits per heavy atom. The number of nitrogens with zero attached hydrogens (tertiary/aromatic N) is 1. The van der Waals surface area contributed by atoms with Gasteiger partial charge in [0.05, 0.1) is 12.7 Å². The van der Waals surface area contributed by atoms with Crippen molar-refractivity contribution in [2.24, 2.45) is 0 Å². The van der Waals surface area contributed by atoms with Crippen molar-refractivity contribution in [2.45, 2.75) is 26.4 Å². The Labute approximate surface area is 95.5 Å². The summed E-state index contributed by atoms with van der Waals surface area (Å²) in [6.07, 6.45) is 2.73. The highest BCUT2D eigenvalue weighted by atomic mass is 16.5. The smallest absolute Gasteiger partial charge is 0.150 e.